The predicted octanol–water partition coefficient (Wildman–Crippen LogP) is 0.904. The van der Waals surface area contributed by atoms with Crippen LogP contribution in [0.15, 0.2) is 12.2 Å². The first-order chi connectivity index (χ1) is 14.9. The van der Waals surface area contributed by atoms with Crippen molar-refractivity contribution < 1.29 is 33.5 Å². The number of carbonyl (C=O) groups excluding carboxylic acids is 5. The molecule has 0 aromatic heterocycles. The van der Waals surface area contributed by atoms with Crippen LogP contribution in [0, 0.1) is 10.8 Å². The molecular weight excluding hydrogens is 418 g/mol. The lowest BCUT2D eigenvalue weighted by Crippen LogP contribution is -2.40. The summed E-state index contributed by atoms with van der Waals surface area (Å²) in [5.41, 5.74) is 1.57. The molecule has 4 amide bonds. The topological polar surface area (TPSA) is 131 Å². The van der Waals surface area contributed by atoms with Crippen LogP contribution in [0.3, 0.4) is 0 Å². The van der Waals surface area contributed by atoms with Crippen LogP contribution in [0.2, 0.25) is 0 Å². The molecule has 0 aliphatic carbocycles. The summed E-state index contributed by atoms with van der Waals surface area (Å²) in [5, 5.41) is 2.72. The van der Waals surface area contributed by atoms with E-state index in [1.165, 1.54) is 0 Å². The highest BCUT2D eigenvalue weighted by Gasteiger charge is 2.27. The number of hydrogen-bond acceptors (Lipinski definition) is 7. The van der Waals surface area contributed by atoms with Gasteiger partial charge in [0.2, 0.25) is 11.8 Å². The third-order valence-corrected chi connectivity index (χ3v) is 5.09. The van der Waals surface area contributed by atoms with Gasteiger partial charge in [0.15, 0.2) is 6.61 Å². The lowest BCUT2D eigenvalue weighted by molar-refractivity contribution is -0.140. The van der Waals surface area contributed by atoms with Gasteiger partial charge in [0.25, 0.3) is 11.8 Å². The molecule has 0 saturated heterocycles. The summed E-state index contributed by atoms with van der Waals surface area (Å²) in [6.07, 6.45) is 3.44. The summed E-state index contributed by atoms with van der Waals surface area (Å²) < 4.78 is 5.84. The van der Waals surface area contributed by atoms with Gasteiger partial charge in [0.05, 0.1) is 13.2 Å². The van der Waals surface area contributed by atoms with Crippen LogP contribution in [0.4, 0.5) is 0 Å². The van der Waals surface area contributed by atoms with Crippen LogP contribution >= 0.6 is 0 Å². The van der Waals surface area contributed by atoms with Crippen molar-refractivity contribution in [2.75, 3.05) is 32.9 Å². The summed E-state index contributed by atoms with van der Waals surface area (Å²) >= 11 is 0. The zero-order chi connectivity index (χ0) is 24.4. The molecule has 1 rings (SSSR count). The Bertz CT molecular complexity index is 730. The average Bonchev–Trinajstić information content (AvgIpc) is 3.01. The van der Waals surface area contributed by atoms with Crippen molar-refractivity contribution in [1.82, 2.24) is 15.7 Å². The number of carbonyl (C=O) groups is 5. The van der Waals surface area contributed by atoms with E-state index in [1.54, 1.807) is 6.92 Å². The van der Waals surface area contributed by atoms with E-state index >= 15 is 0 Å². The molecule has 0 saturated carbocycles. The quantitative estimate of drug-likeness (QED) is 0.278. The second kappa shape index (κ2) is 12.4. The van der Waals surface area contributed by atoms with Crippen molar-refractivity contribution >= 4 is 29.4 Å². The van der Waals surface area contributed by atoms with Gasteiger partial charge in [-0.2, -0.15) is 0 Å². The van der Waals surface area contributed by atoms with Crippen LogP contribution < -0.4 is 10.8 Å². The molecule has 2 N–H and O–H groups in total. The molecule has 0 aromatic rings. The summed E-state index contributed by atoms with van der Waals surface area (Å²) in [6, 6.07) is 0. The Hall–Kier alpha value is -2.59. The lowest BCUT2D eigenvalue weighted by atomic mass is 9.83. The van der Waals surface area contributed by atoms with Crippen molar-refractivity contribution in [2.24, 2.45) is 10.8 Å². The number of rotatable bonds is 15. The summed E-state index contributed by atoms with van der Waals surface area (Å²) in [5.74, 6) is -1.77. The number of ketones is 1. The molecule has 1 atom stereocenters. The van der Waals surface area contributed by atoms with Crippen LogP contribution in [0.25, 0.3) is 0 Å². The average molecular weight is 454 g/mol. The maximum Gasteiger partial charge on any atom is 0.253 e. The molecule has 32 heavy (non-hydrogen) atoms. The summed E-state index contributed by atoms with van der Waals surface area (Å²) in [6.45, 7) is 10.3. The normalized spacial score (nSPS) is 15.6. The molecule has 10 nitrogen and oxygen atoms in total. The van der Waals surface area contributed by atoms with E-state index < -0.39 is 23.6 Å². The van der Waals surface area contributed by atoms with Crippen molar-refractivity contribution in [1.29, 1.82) is 0 Å². The summed E-state index contributed by atoms with van der Waals surface area (Å²) in [4.78, 5) is 63.8. The largest absolute Gasteiger partial charge is 0.380 e. The van der Waals surface area contributed by atoms with Gasteiger partial charge >= 0.3 is 0 Å². The standard InChI is InChI=1S/C22H35N3O7/c1-6-22(5,11-16(2)26)15-31-14-21(3,4)13-23-18(28)12-32-24-17(27)9-10-25-19(29)7-8-20(25)30/h7-8H,6,9-15H2,1-5H3,(H,23,28)(H,24,27). The van der Waals surface area contributed by atoms with Gasteiger partial charge in [-0.15, -0.1) is 0 Å². The fourth-order valence-corrected chi connectivity index (χ4v) is 2.99. The van der Waals surface area contributed by atoms with E-state index in [-0.39, 0.29) is 36.2 Å². The molecule has 0 aromatic carbocycles. The molecule has 0 bridgehead atoms. The maximum absolute atomic E-state index is 12.0. The number of nitrogens with one attached hydrogen (secondary N) is 2. The second-order valence-electron chi connectivity index (χ2n) is 9.20. The van der Waals surface area contributed by atoms with E-state index in [0.717, 1.165) is 23.5 Å². The fraction of sp³-hybridized carbons (Fsp3) is 0.682. The second-order valence-corrected chi connectivity index (χ2v) is 9.20. The van der Waals surface area contributed by atoms with Crippen molar-refractivity contribution in [3.63, 3.8) is 0 Å². The maximum atomic E-state index is 12.0. The Morgan fingerprint density at radius 2 is 1.66 bits per heavy atom. The Balaban J connectivity index is 2.22. The smallest absolute Gasteiger partial charge is 0.253 e. The highest BCUT2D eigenvalue weighted by molar-refractivity contribution is 6.13. The van der Waals surface area contributed by atoms with Gasteiger partial charge in [-0.1, -0.05) is 27.7 Å². The number of imide groups is 1. The minimum atomic E-state index is -0.552. The van der Waals surface area contributed by atoms with Crippen molar-refractivity contribution in [3.8, 4) is 0 Å². The van der Waals surface area contributed by atoms with Gasteiger partial charge in [-0.25, -0.2) is 5.48 Å². The monoisotopic (exact) mass is 453 g/mol. The lowest BCUT2D eigenvalue weighted by Gasteiger charge is -2.30. The molecule has 1 heterocycles. The molecule has 0 radical (unpaired) electrons. The zero-order valence-electron chi connectivity index (χ0n) is 19.6. The molecule has 180 valence electrons. The summed E-state index contributed by atoms with van der Waals surface area (Å²) in [7, 11) is 0. The molecule has 0 spiro atoms. The minimum Gasteiger partial charge on any atom is -0.380 e. The molecule has 0 fully saturated rings. The van der Waals surface area contributed by atoms with Crippen molar-refractivity contribution in [2.45, 2.75) is 53.9 Å². The molecule has 10 heteroatoms. The number of hydroxylamine groups is 1. The van der Waals surface area contributed by atoms with Crippen LogP contribution in [-0.4, -0.2) is 67.2 Å². The number of nitrogens with zero attached hydrogens (tertiary/aromatic N) is 1. The van der Waals surface area contributed by atoms with E-state index in [2.05, 4.69) is 10.8 Å². The first-order valence-corrected chi connectivity index (χ1v) is 10.7. The van der Waals surface area contributed by atoms with E-state index in [9.17, 15) is 24.0 Å². The van der Waals surface area contributed by atoms with E-state index in [1.807, 2.05) is 27.7 Å². The van der Waals surface area contributed by atoms with E-state index in [4.69, 9.17) is 9.57 Å². The van der Waals surface area contributed by atoms with Crippen LogP contribution in [0.1, 0.15) is 53.9 Å². The highest BCUT2D eigenvalue weighted by atomic mass is 16.7. The number of amides is 4. The Morgan fingerprint density at radius 3 is 2.22 bits per heavy atom. The number of ether oxygens (including phenoxy) is 1. The fourth-order valence-electron chi connectivity index (χ4n) is 2.99. The Morgan fingerprint density at radius 1 is 1.03 bits per heavy atom. The molecule has 1 unspecified atom stereocenters. The van der Waals surface area contributed by atoms with Gasteiger partial charge < -0.3 is 14.8 Å². The first-order valence-electron chi connectivity index (χ1n) is 10.7. The number of Topliss-reactive ketones (excluding diaryl/α,β-unsaturated/α-hetero) is 1. The number of hydrogen-bond donors (Lipinski definition) is 2. The molecular formula is C22H35N3O7. The third-order valence-electron chi connectivity index (χ3n) is 5.09. The van der Waals surface area contributed by atoms with Crippen LogP contribution in [-0.2, 0) is 33.5 Å². The SMILES string of the molecule is CCC(C)(COCC(C)(C)CNC(=O)CONC(=O)CCN1C(=O)C=CC1=O)CC(C)=O. The van der Waals surface area contributed by atoms with Crippen molar-refractivity contribution in [3.05, 3.63) is 12.2 Å². The minimum absolute atomic E-state index is 0.0657. The Kier molecular flexibility index (Phi) is 10.7. The predicted molar refractivity (Wildman–Crippen MR) is 116 cm³/mol. The Labute approximate surface area is 189 Å². The highest BCUT2D eigenvalue weighted by Crippen LogP contribution is 2.27. The molecule has 1 aliphatic heterocycles. The van der Waals surface area contributed by atoms with Gasteiger partial charge in [-0.05, 0) is 18.8 Å². The van der Waals surface area contributed by atoms with Gasteiger partial charge in [0.1, 0.15) is 5.78 Å². The van der Waals surface area contributed by atoms with E-state index in [0.29, 0.717) is 26.2 Å². The molecule has 1 aliphatic rings. The third kappa shape index (κ3) is 10.1. The first kappa shape index (κ1) is 27.4. The van der Waals surface area contributed by atoms with Gasteiger partial charge in [0, 0.05) is 43.5 Å². The van der Waals surface area contributed by atoms with Crippen LogP contribution in [0.5, 0.6) is 0 Å². The zero-order valence-corrected chi connectivity index (χ0v) is 19.6. The van der Waals surface area contributed by atoms with Gasteiger partial charge in [-0.3, -0.25) is 28.9 Å².